The van der Waals surface area contributed by atoms with Crippen molar-refractivity contribution in [3.8, 4) is 0 Å². The molecule has 0 saturated carbocycles. The van der Waals surface area contributed by atoms with E-state index in [9.17, 15) is 0 Å². The van der Waals surface area contributed by atoms with Crippen molar-refractivity contribution in [1.29, 1.82) is 0 Å². The van der Waals surface area contributed by atoms with E-state index in [0.29, 0.717) is 18.5 Å². The number of furan rings is 1. The lowest BCUT2D eigenvalue weighted by molar-refractivity contribution is 0.564. The highest BCUT2D eigenvalue weighted by molar-refractivity contribution is 5.99. The van der Waals surface area contributed by atoms with Gasteiger partial charge in [-0.15, -0.1) is 0 Å². The Hall–Kier alpha value is -1.98. The van der Waals surface area contributed by atoms with E-state index >= 15 is 0 Å². The maximum Gasteiger partial charge on any atom is 0.200 e. The molecule has 1 aromatic heterocycles. The summed E-state index contributed by atoms with van der Waals surface area (Å²) in [6, 6.07) is 1.87. The average molecular weight is 207 g/mol. The topological polar surface area (TPSA) is 87.9 Å². The zero-order chi connectivity index (χ0) is 10.7. The second-order valence-electron chi connectivity index (χ2n) is 3.26. The summed E-state index contributed by atoms with van der Waals surface area (Å²) in [6.07, 6.45) is 3.23. The SMILES string of the molecule is CC1N=C(N)NC(=NCc2ccoc2)N1. The van der Waals surface area contributed by atoms with Crippen molar-refractivity contribution in [3.63, 3.8) is 0 Å². The van der Waals surface area contributed by atoms with Gasteiger partial charge in [-0.1, -0.05) is 0 Å². The fourth-order valence-corrected chi connectivity index (χ4v) is 1.27. The molecule has 1 aliphatic heterocycles. The molecule has 6 heteroatoms. The van der Waals surface area contributed by atoms with Crippen molar-refractivity contribution in [2.45, 2.75) is 19.6 Å². The Labute approximate surface area is 87.3 Å². The van der Waals surface area contributed by atoms with Crippen molar-refractivity contribution < 1.29 is 4.42 Å². The van der Waals surface area contributed by atoms with Gasteiger partial charge in [0.2, 0.25) is 0 Å². The third-order valence-electron chi connectivity index (χ3n) is 1.92. The fraction of sp³-hybridized carbons (Fsp3) is 0.333. The summed E-state index contributed by atoms with van der Waals surface area (Å²) in [5, 5.41) is 5.90. The van der Waals surface area contributed by atoms with Crippen LogP contribution in [0, 0.1) is 0 Å². The van der Waals surface area contributed by atoms with Gasteiger partial charge in [0.05, 0.1) is 19.1 Å². The second-order valence-corrected chi connectivity index (χ2v) is 3.26. The van der Waals surface area contributed by atoms with Crippen molar-refractivity contribution in [2.75, 3.05) is 0 Å². The van der Waals surface area contributed by atoms with Crippen molar-refractivity contribution in [1.82, 2.24) is 10.6 Å². The van der Waals surface area contributed by atoms with Gasteiger partial charge in [-0.25, -0.2) is 9.98 Å². The van der Waals surface area contributed by atoms with Crippen LogP contribution in [0.5, 0.6) is 0 Å². The van der Waals surface area contributed by atoms with Gasteiger partial charge >= 0.3 is 0 Å². The molecule has 1 aromatic rings. The van der Waals surface area contributed by atoms with Crippen LogP contribution in [0.1, 0.15) is 12.5 Å². The van der Waals surface area contributed by atoms with E-state index < -0.39 is 0 Å². The molecule has 0 radical (unpaired) electrons. The number of guanidine groups is 2. The largest absolute Gasteiger partial charge is 0.472 e. The van der Waals surface area contributed by atoms with Crippen molar-refractivity contribution >= 4 is 11.9 Å². The molecule has 6 nitrogen and oxygen atoms in total. The summed E-state index contributed by atoms with van der Waals surface area (Å²) >= 11 is 0. The first-order valence-electron chi connectivity index (χ1n) is 4.66. The smallest absolute Gasteiger partial charge is 0.200 e. The Morgan fingerprint density at radius 1 is 1.67 bits per heavy atom. The van der Waals surface area contributed by atoms with Crippen LogP contribution in [-0.4, -0.2) is 18.1 Å². The van der Waals surface area contributed by atoms with Crippen LogP contribution in [0.2, 0.25) is 0 Å². The molecule has 0 spiro atoms. The van der Waals surface area contributed by atoms with E-state index in [2.05, 4.69) is 20.6 Å². The van der Waals surface area contributed by atoms with Crippen LogP contribution in [-0.2, 0) is 6.54 Å². The Bertz CT molecular complexity index is 381. The minimum Gasteiger partial charge on any atom is -0.472 e. The summed E-state index contributed by atoms with van der Waals surface area (Å²) in [7, 11) is 0. The molecular formula is C9H13N5O. The van der Waals surface area contributed by atoms with E-state index in [0.717, 1.165) is 5.56 Å². The van der Waals surface area contributed by atoms with Crippen molar-refractivity contribution in [3.05, 3.63) is 24.2 Å². The molecule has 80 valence electrons. The maximum atomic E-state index is 5.56. The van der Waals surface area contributed by atoms with Gasteiger partial charge in [-0.3, -0.25) is 5.32 Å². The molecule has 1 atom stereocenters. The lowest BCUT2D eigenvalue weighted by Crippen LogP contribution is -2.52. The molecule has 1 aliphatic rings. The van der Waals surface area contributed by atoms with Crippen LogP contribution >= 0.6 is 0 Å². The van der Waals surface area contributed by atoms with Gasteiger partial charge in [0.15, 0.2) is 11.9 Å². The van der Waals surface area contributed by atoms with E-state index in [-0.39, 0.29) is 6.17 Å². The summed E-state index contributed by atoms with van der Waals surface area (Å²) < 4.78 is 4.94. The minimum absolute atomic E-state index is 0.0469. The lowest BCUT2D eigenvalue weighted by atomic mass is 10.3. The molecular weight excluding hydrogens is 194 g/mol. The number of nitrogens with one attached hydrogen (secondary N) is 2. The number of hydrogen-bond acceptors (Lipinski definition) is 4. The highest BCUT2D eigenvalue weighted by Crippen LogP contribution is 2.01. The summed E-state index contributed by atoms with van der Waals surface area (Å²) in [4.78, 5) is 8.35. The lowest BCUT2D eigenvalue weighted by Gasteiger charge is -2.20. The van der Waals surface area contributed by atoms with Crippen LogP contribution in [0.4, 0.5) is 0 Å². The number of hydrogen-bond donors (Lipinski definition) is 3. The van der Waals surface area contributed by atoms with E-state index in [1.807, 2.05) is 13.0 Å². The van der Waals surface area contributed by atoms with Crippen LogP contribution in [0.3, 0.4) is 0 Å². The van der Waals surface area contributed by atoms with Gasteiger partial charge in [0, 0.05) is 5.56 Å². The molecule has 0 aliphatic carbocycles. The van der Waals surface area contributed by atoms with Crippen LogP contribution < -0.4 is 16.4 Å². The quantitative estimate of drug-likeness (QED) is 0.636. The summed E-state index contributed by atoms with van der Waals surface area (Å²) in [5.74, 6) is 1.02. The van der Waals surface area contributed by atoms with Gasteiger partial charge < -0.3 is 15.5 Å². The van der Waals surface area contributed by atoms with Gasteiger partial charge in [-0.2, -0.15) is 0 Å². The Morgan fingerprint density at radius 3 is 3.20 bits per heavy atom. The zero-order valence-electron chi connectivity index (χ0n) is 8.40. The van der Waals surface area contributed by atoms with E-state index in [1.165, 1.54) is 0 Å². The predicted molar refractivity (Wildman–Crippen MR) is 57.2 cm³/mol. The summed E-state index contributed by atoms with van der Waals surface area (Å²) in [5.41, 5.74) is 6.58. The third kappa shape index (κ3) is 2.49. The standard InChI is InChI=1S/C9H13N5O/c1-6-12-8(10)14-9(13-6)11-4-7-2-3-15-5-7/h2-3,5-6H,4H2,1H3,(H4,10,11,12,13,14). The molecule has 0 aromatic carbocycles. The Morgan fingerprint density at radius 2 is 2.53 bits per heavy atom. The van der Waals surface area contributed by atoms with Gasteiger partial charge in [0.25, 0.3) is 0 Å². The minimum atomic E-state index is -0.0469. The highest BCUT2D eigenvalue weighted by Gasteiger charge is 2.11. The third-order valence-corrected chi connectivity index (χ3v) is 1.92. The molecule has 15 heavy (non-hydrogen) atoms. The monoisotopic (exact) mass is 207 g/mol. The second kappa shape index (κ2) is 4.04. The molecule has 0 amide bonds. The average Bonchev–Trinajstić information content (AvgIpc) is 2.65. The first-order chi connectivity index (χ1) is 7.24. The number of rotatable bonds is 2. The molecule has 4 N–H and O–H groups in total. The van der Waals surface area contributed by atoms with Gasteiger partial charge in [-0.05, 0) is 13.0 Å². The molecule has 0 bridgehead atoms. The number of nitrogens with two attached hydrogens (primary N) is 1. The van der Waals surface area contributed by atoms with Crippen LogP contribution in [0.25, 0.3) is 0 Å². The first kappa shape index (κ1) is 9.57. The molecule has 1 unspecified atom stereocenters. The molecule has 2 rings (SSSR count). The number of aliphatic imine (C=N–C) groups is 2. The van der Waals surface area contributed by atoms with E-state index in [1.54, 1.807) is 12.5 Å². The van der Waals surface area contributed by atoms with Crippen LogP contribution in [0.15, 0.2) is 33.0 Å². The van der Waals surface area contributed by atoms with Gasteiger partial charge in [0.1, 0.15) is 6.17 Å². The highest BCUT2D eigenvalue weighted by atomic mass is 16.3. The molecule has 2 heterocycles. The Kier molecular flexibility index (Phi) is 2.57. The molecule has 0 fully saturated rings. The predicted octanol–water partition coefficient (Wildman–Crippen LogP) is -0.0109. The first-order valence-corrected chi connectivity index (χ1v) is 4.66. The zero-order valence-corrected chi connectivity index (χ0v) is 8.40. The molecule has 0 saturated heterocycles. The van der Waals surface area contributed by atoms with E-state index in [4.69, 9.17) is 10.2 Å². The fourth-order valence-electron chi connectivity index (χ4n) is 1.27. The Balaban J connectivity index is 2.00. The normalized spacial score (nSPS) is 23.1. The van der Waals surface area contributed by atoms with Crippen molar-refractivity contribution in [2.24, 2.45) is 15.7 Å². The maximum absolute atomic E-state index is 5.56. The number of nitrogens with zero attached hydrogens (tertiary/aromatic N) is 2. The summed E-state index contributed by atoms with van der Waals surface area (Å²) in [6.45, 7) is 2.45.